The van der Waals surface area contributed by atoms with Crippen LogP contribution in [-0.4, -0.2) is 22.2 Å². The Morgan fingerprint density at radius 1 is 1.43 bits per heavy atom. The topological polar surface area (TPSA) is 50.7 Å². The fourth-order valence-corrected chi connectivity index (χ4v) is 2.87. The van der Waals surface area contributed by atoms with E-state index in [1.54, 1.807) is 22.7 Å². The summed E-state index contributed by atoms with van der Waals surface area (Å²) in [4.78, 5) is 5.32. The van der Waals surface area contributed by atoms with Gasteiger partial charge in [-0.05, 0) is 14.0 Å². The molecule has 0 saturated heterocycles. The van der Waals surface area contributed by atoms with Crippen molar-refractivity contribution in [2.75, 3.05) is 7.05 Å². The van der Waals surface area contributed by atoms with Crippen molar-refractivity contribution in [3.63, 3.8) is 0 Å². The van der Waals surface area contributed by atoms with Gasteiger partial charge >= 0.3 is 0 Å². The van der Waals surface area contributed by atoms with E-state index in [0.717, 1.165) is 27.1 Å². The second kappa shape index (κ2) is 4.12. The molecule has 2 aromatic heterocycles. The first-order chi connectivity index (χ1) is 6.81. The highest BCUT2D eigenvalue weighted by atomic mass is 32.1. The third-order valence-electron chi connectivity index (χ3n) is 1.73. The average Bonchev–Trinajstić information content (AvgIpc) is 2.74. The molecule has 2 rings (SSSR count). The molecule has 0 unspecified atom stereocenters. The molecule has 0 saturated carbocycles. The minimum absolute atomic E-state index is 0.773. The molecule has 0 aromatic carbocycles. The zero-order valence-corrected chi connectivity index (χ0v) is 9.58. The summed E-state index contributed by atoms with van der Waals surface area (Å²) in [5, 5.41) is 13.3. The predicted octanol–water partition coefficient (Wildman–Crippen LogP) is 1.69. The van der Waals surface area contributed by atoms with Gasteiger partial charge in [-0.3, -0.25) is 0 Å². The summed E-state index contributed by atoms with van der Waals surface area (Å²) in [5.41, 5.74) is 2.87. The quantitative estimate of drug-likeness (QED) is 0.865. The molecular weight excluding hydrogens is 216 g/mol. The van der Waals surface area contributed by atoms with E-state index < -0.39 is 0 Å². The molecular formula is C8H10N4S2. The van der Waals surface area contributed by atoms with Crippen LogP contribution < -0.4 is 5.32 Å². The van der Waals surface area contributed by atoms with Gasteiger partial charge in [0, 0.05) is 6.54 Å². The van der Waals surface area contributed by atoms with E-state index in [-0.39, 0.29) is 0 Å². The Morgan fingerprint density at radius 2 is 2.29 bits per heavy atom. The Balaban J connectivity index is 2.29. The molecule has 0 radical (unpaired) electrons. The molecule has 2 heterocycles. The summed E-state index contributed by atoms with van der Waals surface area (Å²) < 4.78 is 0. The fraction of sp³-hybridized carbons (Fsp3) is 0.375. The molecule has 1 N–H and O–H groups in total. The van der Waals surface area contributed by atoms with Crippen molar-refractivity contribution in [3.8, 4) is 9.88 Å². The SMILES string of the molecule is CNCc1nnc(-c2scnc2C)s1. The van der Waals surface area contributed by atoms with Crippen molar-refractivity contribution in [2.24, 2.45) is 0 Å². The smallest absolute Gasteiger partial charge is 0.159 e. The Hall–Kier alpha value is -0.850. The normalized spacial score (nSPS) is 10.7. The van der Waals surface area contributed by atoms with Crippen molar-refractivity contribution in [1.29, 1.82) is 0 Å². The molecule has 6 heteroatoms. The van der Waals surface area contributed by atoms with Crippen molar-refractivity contribution in [1.82, 2.24) is 20.5 Å². The number of nitrogens with zero attached hydrogens (tertiary/aromatic N) is 3. The van der Waals surface area contributed by atoms with Gasteiger partial charge in [-0.1, -0.05) is 11.3 Å². The van der Waals surface area contributed by atoms with Crippen molar-refractivity contribution in [2.45, 2.75) is 13.5 Å². The molecule has 0 amide bonds. The summed E-state index contributed by atoms with van der Waals surface area (Å²) in [5.74, 6) is 0. The monoisotopic (exact) mass is 226 g/mol. The Bertz CT molecular complexity index is 420. The molecule has 2 aromatic rings. The molecule has 0 aliphatic rings. The van der Waals surface area contributed by atoms with Crippen LogP contribution in [-0.2, 0) is 6.54 Å². The van der Waals surface area contributed by atoms with Crippen molar-refractivity contribution in [3.05, 3.63) is 16.2 Å². The number of thiazole rings is 1. The maximum atomic E-state index is 4.19. The first-order valence-electron chi connectivity index (χ1n) is 4.18. The van der Waals surface area contributed by atoms with E-state index in [1.165, 1.54) is 0 Å². The van der Waals surface area contributed by atoms with Gasteiger partial charge in [-0.25, -0.2) is 4.98 Å². The molecule has 4 nitrogen and oxygen atoms in total. The third-order valence-corrected chi connectivity index (χ3v) is 3.74. The maximum Gasteiger partial charge on any atom is 0.159 e. The number of hydrogen-bond acceptors (Lipinski definition) is 6. The van der Waals surface area contributed by atoms with Gasteiger partial charge in [0.1, 0.15) is 5.01 Å². The number of aryl methyl sites for hydroxylation is 1. The van der Waals surface area contributed by atoms with Gasteiger partial charge in [0.05, 0.1) is 16.1 Å². The second-order valence-corrected chi connectivity index (χ2v) is 4.72. The highest BCUT2D eigenvalue weighted by Crippen LogP contribution is 2.29. The lowest BCUT2D eigenvalue weighted by molar-refractivity contribution is 0.795. The predicted molar refractivity (Wildman–Crippen MR) is 58.5 cm³/mol. The molecule has 0 fully saturated rings. The summed E-state index contributed by atoms with van der Waals surface area (Å²) in [7, 11) is 1.90. The Morgan fingerprint density at radius 3 is 2.93 bits per heavy atom. The lowest BCUT2D eigenvalue weighted by Crippen LogP contribution is -2.04. The highest BCUT2D eigenvalue weighted by molar-refractivity contribution is 7.20. The third kappa shape index (κ3) is 1.82. The lowest BCUT2D eigenvalue weighted by Gasteiger charge is -1.89. The molecule has 0 spiro atoms. The van der Waals surface area contributed by atoms with Crippen LogP contribution in [0, 0.1) is 6.92 Å². The summed E-state index contributed by atoms with van der Waals surface area (Å²) in [6, 6.07) is 0. The van der Waals surface area contributed by atoms with Gasteiger partial charge in [0.2, 0.25) is 0 Å². The van der Waals surface area contributed by atoms with Crippen LogP contribution in [0.5, 0.6) is 0 Å². The fourth-order valence-electron chi connectivity index (χ4n) is 1.08. The summed E-state index contributed by atoms with van der Waals surface area (Å²) in [6.07, 6.45) is 0. The standard InChI is InChI=1S/C8H10N4S2/c1-5-7(13-4-10-5)8-12-11-6(14-8)3-9-2/h4,9H,3H2,1-2H3. The molecule has 0 bridgehead atoms. The van der Waals surface area contributed by atoms with Gasteiger partial charge in [-0.15, -0.1) is 21.5 Å². The second-order valence-electron chi connectivity index (χ2n) is 2.80. The number of nitrogens with one attached hydrogen (secondary N) is 1. The van der Waals surface area contributed by atoms with E-state index in [4.69, 9.17) is 0 Å². The van der Waals surface area contributed by atoms with Crippen LogP contribution in [0.25, 0.3) is 9.88 Å². The summed E-state index contributed by atoms with van der Waals surface area (Å²) >= 11 is 3.23. The highest BCUT2D eigenvalue weighted by Gasteiger charge is 2.10. The first kappa shape index (κ1) is 9.70. The Labute approximate surface area is 90.0 Å². The van der Waals surface area contributed by atoms with Gasteiger partial charge in [-0.2, -0.15) is 0 Å². The van der Waals surface area contributed by atoms with Gasteiger partial charge < -0.3 is 5.32 Å². The van der Waals surface area contributed by atoms with E-state index >= 15 is 0 Å². The largest absolute Gasteiger partial charge is 0.313 e. The molecule has 74 valence electrons. The van der Waals surface area contributed by atoms with E-state index in [2.05, 4.69) is 20.5 Å². The molecule has 0 atom stereocenters. The maximum absolute atomic E-state index is 4.19. The number of aromatic nitrogens is 3. The van der Waals surface area contributed by atoms with E-state index in [0.29, 0.717) is 0 Å². The average molecular weight is 226 g/mol. The number of hydrogen-bond donors (Lipinski definition) is 1. The van der Waals surface area contributed by atoms with Gasteiger partial charge in [0.25, 0.3) is 0 Å². The zero-order valence-electron chi connectivity index (χ0n) is 7.94. The van der Waals surface area contributed by atoms with Crippen molar-refractivity contribution >= 4 is 22.7 Å². The first-order valence-corrected chi connectivity index (χ1v) is 5.88. The van der Waals surface area contributed by atoms with Crippen LogP contribution in [0.3, 0.4) is 0 Å². The van der Waals surface area contributed by atoms with E-state index in [9.17, 15) is 0 Å². The van der Waals surface area contributed by atoms with Crippen LogP contribution in [0.2, 0.25) is 0 Å². The van der Waals surface area contributed by atoms with Crippen LogP contribution in [0.4, 0.5) is 0 Å². The zero-order chi connectivity index (χ0) is 9.97. The van der Waals surface area contributed by atoms with E-state index in [1.807, 2.05) is 19.5 Å². The minimum Gasteiger partial charge on any atom is -0.313 e. The van der Waals surface area contributed by atoms with Crippen LogP contribution in [0.15, 0.2) is 5.51 Å². The van der Waals surface area contributed by atoms with Crippen LogP contribution >= 0.6 is 22.7 Å². The van der Waals surface area contributed by atoms with Crippen molar-refractivity contribution < 1.29 is 0 Å². The lowest BCUT2D eigenvalue weighted by atomic mass is 10.4. The molecule has 14 heavy (non-hydrogen) atoms. The van der Waals surface area contributed by atoms with Crippen LogP contribution in [0.1, 0.15) is 10.7 Å². The minimum atomic E-state index is 0.773. The Kier molecular flexibility index (Phi) is 2.85. The number of rotatable bonds is 3. The summed E-state index contributed by atoms with van der Waals surface area (Å²) in [6.45, 7) is 2.76. The molecule has 0 aliphatic heterocycles. The van der Waals surface area contributed by atoms with Gasteiger partial charge in [0.15, 0.2) is 5.01 Å². The molecule has 0 aliphatic carbocycles.